The van der Waals surface area contributed by atoms with Crippen molar-refractivity contribution >= 4 is 23.6 Å². The average Bonchev–Trinajstić information content (AvgIpc) is 2.62. The Morgan fingerprint density at radius 3 is 2.60 bits per heavy atom. The number of benzene rings is 2. The lowest BCUT2D eigenvalue weighted by atomic mass is 10.1. The van der Waals surface area contributed by atoms with Gasteiger partial charge in [0.25, 0.3) is 0 Å². The molecule has 0 saturated carbocycles. The van der Waals surface area contributed by atoms with E-state index >= 15 is 0 Å². The van der Waals surface area contributed by atoms with Crippen molar-refractivity contribution in [1.82, 2.24) is 0 Å². The second-order valence-corrected chi connectivity index (χ2v) is 5.26. The summed E-state index contributed by atoms with van der Waals surface area (Å²) in [5, 5.41) is 2.78. The molecule has 0 aliphatic carbocycles. The molecule has 1 amide bonds. The lowest BCUT2D eigenvalue weighted by Gasteiger charge is -2.11. The normalized spacial score (nSPS) is 10.5. The van der Waals surface area contributed by atoms with E-state index in [4.69, 9.17) is 9.47 Å². The summed E-state index contributed by atoms with van der Waals surface area (Å²) in [6.07, 6.45) is 3.10. The molecule has 25 heavy (non-hydrogen) atoms. The molecule has 5 nitrogen and oxygen atoms in total. The topological polar surface area (TPSA) is 64.6 Å². The van der Waals surface area contributed by atoms with Crippen molar-refractivity contribution in [3.8, 4) is 5.75 Å². The van der Waals surface area contributed by atoms with Crippen molar-refractivity contribution in [3.63, 3.8) is 0 Å². The van der Waals surface area contributed by atoms with Gasteiger partial charge in [-0.2, -0.15) is 0 Å². The highest BCUT2D eigenvalue weighted by Gasteiger charge is 2.13. The summed E-state index contributed by atoms with van der Waals surface area (Å²) in [7, 11) is 1.58. The quantitative estimate of drug-likeness (QED) is 0.642. The minimum Gasteiger partial charge on any atom is -0.496 e. The van der Waals surface area contributed by atoms with Crippen LogP contribution in [0.5, 0.6) is 5.75 Å². The van der Waals surface area contributed by atoms with Gasteiger partial charge in [0, 0.05) is 17.3 Å². The summed E-state index contributed by atoms with van der Waals surface area (Å²) in [6, 6.07) is 12.5. The highest BCUT2D eigenvalue weighted by Crippen LogP contribution is 2.21. The number of hydrogen-bond acceptors (Lipinski definition) is 4. The molecule has 1 N–H and O–H groups in total. The molecular formula is C20H21NO4. The van der Waals surface area contributed by atoms with Crippen molar-refractivity contribution in [2.45, 2.75) is 13.8 Å². The monoisotopic (exact) mass is 339 g/mol. The Hall–Kier alpha value is -3.08. The van der Waals surface area contributed by atoms with Crippen LogP contribution >= 0.6 is 0 Å². The number of nitrogens with one attached hydrogen (secondary N) is 1. The third-order valence-corrected chi connectivity index (χ3v) is 3.64. The first-order valence-corrected chi connectivity index (χ1v) is 7.95. The number of hydrogen-bond donors (Lipinski definition) is 1. The van der Waals surface area contributed by atoms with Crippen LogP contribution < -0.4 is 10.1 Å². The maximum atomic E-state index is 12.2. The summed E-state index contributed by atoms with van der Waals surface area (Å²) < 4.78 is 10.3. The molecule has 0 spiro atoms. The van der Waals surface area contributed by atoms with Gasteiger partial charge >= 0.3 is 5.97 Å². The number of carbonyl (C=O) groups is 2. The van der Waals surface area contributed by atoms with Crippen molar-refractivity contribution < 1.29 is 19.1 Å². The van der Waals surface area contributed by atoms with E-state index in [2.05, 4.69) is 5.32 Å². The number of esters is 1. The molecule has 0 radical (unpaired) electrons. The van der Waals surface area contributed by atoms with E-state index in [0.29, 0.717) is 29.2 Å². The van der Waals surface area contributed by atoms with E-state index in [1.165, 1.54) is 6.08 Å². The zero-order valence-corrected chi connectivity index (χ0v) is 14.5. The van der Waals surface area contributed by atoms with Crippen LogP contribution in [0.2, 0.25) is 0 Å². The van der Waals surface area contributed by atoms with Gasteiger partial charge in [0.05, 0.1) is 19.3 Å². The van der Waals surface area contributed by atoms with E-state index in [9.17, 15) is 9.59 Å². The second kappa shape index (κ2) is 8.68. The maximum Gasteiger partial charge on any atom is 0.338 e. The second-order valence-electron chi connectivity index (χ2n) is 5.26. The van der Waals surface area contributed by atoms with Crippen molar-refractivity contribution in [2.75, 3.05) is 19.0 Å². The zero-order valence-electron chi connectivity index (χ0n) is 14.5. The lowest BCUT2D eigenvalue weighted by Crippen LogP contribution is -2.12. The van der Waals surface area contributed by atoms with Gasteiger partial charge < -0.3 is 14.8 Å². The molecule has 5 heteroatoms. The van der Waals surface area contributed by atoms with Crippen molar-refractivity contribution in [3.05, 3.63) is 65.2 Å². The maximum absolute atomic E-state index is 12.2. The molecule has 0 aromatic heterocycles. The minimum absolute atomic E-state index is 0.296. The third kappa shape index (κ3) is 4.70. The van der Waals surface area contributed by atoms with E-state index in [1.54, 1.807) is 45.2 Å². The van der Waals surface area contributed by atoms with Gasteiger partial charge in [-0.3, -0.25) is 4.79 Å². The Labute approximate surface area is 147 Å². The number of anilines is 1. The number of rotatable bonds is 6. The lowest BCUT2D eigenvalue weighted by molar-refractivity contribution is -0.111. The van der Waals surface area contributed by atoms with Crippen LogP contribution in [0.1, 0.15) is 28.4 Å². The van der Waals surface area contributed by atoms with E-state index < -0.39 is 5.97 Å². The number of ether oxygens (including phenoxy) is 2. The molecule has 0 aliphatic heterocycles. The van der Waals surface area contributed by atoms with Crippen LogP contribution in [0.4, 0.5) is 5.69 Å². The van der Waals surface area contributed by atoms with Crippen LogP contribution in [-0.4, -0.2) is 25.6 Å². The van der Waals surface area contributed by atoms with Crippen molar-refractivity contribution in [1.29, 1.82) is 0 Å². The van der Waals surface area contributed by atoms with Crippen LogP contribution in [-0.2, 0) is 9.53 Å². The summed E-state index contributed by atoms with van der Waals surface area (Å²) >= 11 is 0. The van der Waals surface area contributed by atoms with Gasteiger partial charge in [-0.05, 0) is 43.7 Å². The van der Waals surface area contributed by atoms with Crippen LogP contribution in [0.25, 0.3) is 6.08 Å². The molecule has 2 rings (SSSR count). The Kier molecular flexibility index (Phi) is 6.34. The number of amides is 1. The summed E-state index contributed by atoms with van der Waals surface area (Å²) in [4.78, 5) is 24.1. The molecule has 2 aromatic rings. The van der Waals surface area contributed by atoms with Crippen LogP contribution in [0, 0.1) is 6.92 Å². The molecule has 0 bridgehead atoms. The predicted octanol–water partition coefficient (Wildman–Crippen LogP) is 3.83. The Balaban J connectivity index is 2.14. The van der Waals surface area contributed by atoms with Crippen LogP contribution in [0.3, 0.4) is 0 Å². The van der Waals surface area contributed by atoms with Gasteiger partial charge in [0.2, 0.25) is 5.91 Å². The summed E-state index contributed by atoms with van der Waals surface area (Å²) in [6.45, 7) is 3.82. The Morgan fingerprint density at radius 2 is 1.88 bits per heavy atom. The number of para-hydroxylation sites is 1. The smallest absolute Gasteiger partial charge is 0.338 e. The van der Waals surface area contributed by atoms with E-state index in [1.807, 2.05) is 24.3 Å². The zero-order chi connectivity index (χ0) is 18.2. The molecule has 2 aromatic carbocycles. The Morgan fingerprint density at radius 1 is 1.12 bits per heavy atom. The first-order valence-electron chi connectivity index (χ1n) is 7.95. The largest absolute Gasteiger partial charge is 0.496 e. The standard InChI is InChI=1S/C20H21NO4/c1-4-25-20(23)16-9-7-10-17(14(16)2)21-19(22)13-12-15-8-5-6-11-18(15)24-3/h5-13H,4H2,1-3H3,(H,21,22)/b13-12+. The van der Waals surface area contributed by atoms with Gasteiger partial charge in [-0.15, -0.1) is 0 Å². The Bertz CT molecular complexity index is 796. The highest BCUT2D eigenvalue weighted by atomic mass is 16.5. The van der Waals surface area contributed by atoms with Gasteiger partial charge in [0.15, 0.2) is 0 Å². The summed E-state index contributed by atoms with van der Waals surface area (Å²) in [5.74, 6) is -0.0114. The van der Waals surface area contributed by atoms with Crippen molar-refractivity contribution in [2.24, 2.45) is 0 Å². The van der Waals surface area contributed by atoms with Gasteiger partial charge in [-0.1, -0.05) is 24.3 Å². The molecule has 0 fully saturated rings. The van der Waals surface area contributed by atoms with E-state index in [-0.39, 0.29) is 5.91 Å². The number of carbonyl (C=O) groups excluding carboxylic acids is 2. The molecule has 0 atom stereocenters. The number of methoxy groups -OCH3 is 1. The molecule has 0 saturated heterocycles. The first-order chi connectivity index (χ1) is 12.1. The fourth-order valence-corrected chi connectivity index (χ4v) is 2.35. The van der Waals surface area contributed by atoms with Gasteiger partial charge in [-0.25, -0.2) is 4.79 Å². The fraction of sp³-hybridized carbons (Fsp3) is 0.200. The molecule has 0 unspecified atom stereocenters. The van der Waals surface area contributed by atoms with E-state index in [0.717, 1.165) is 5.56 Å². The predicted molar refractivity (Wildman–Crippen MR) is 97.8 cm³/mol. The molecule has 0 aliphatic rings. The minimum atomic E-state index is -0.402. The molecule has 130 valence electrons. The summed E-state index contributed by atoms with van der Waals surface area (Å²) in [5.41, 5.74) is 2.48. The highest BCUT2D eigenvalue weighted by molar-refractivity contribution is 6.03. The molecule has 0 heterocycles. The third-order valence-electron chi connectivity index (χ3n) is 3.64. The van der Waals surface area contributed by atoms with Crippen LogP contribution in [0.15, 0.2) is 48.5 Å². The average molecular weight is 339 g/mol. The fourth-order valence-electron chi connectivity index (χ4n) is 2.35. The first kappa shape index (κ1) is 18.3. The SMILES string of the molecule is CCOC(=O)c1cccc(NC(=O)/C=C/c2ccccc2OC)c1C. The molecular weight excluding hydrogens is 318 g/mol. The van der Waals surface area contributed by atoms with Gasteiger partial charge in [0.1, 0.15) is 5.75 Å².